The van der Waals surface area contributed by atoms with Crippen LogP contribution in [-0.4, -0.2) is 51.8 Å². The lowest BCUT2D eigenvalue weighted by molar-refractivity contribution is -0.151. The van der Waals surface area contributed by atoms with Gasteiger partial charge in [-0.3, -0.25) is 19.0 Å². The van der Waals surface area contributed by atoms with Crippen molar-refractivity contribution in [3.05, 3.63) is 22.1 Å². The Balaban J connectivity index is 1.72. The third kappa shape index (κ3) is 4.42. The number of hydrogen-bond donors (Lipinski definition) is 0. The second kappa shape index (κ2) is 8.27. The zero-order valence-corrected chi connectivity index (χ0v) is 17.9. The Labute approximate surface area is 169 Å². The van der Waals surface area contributed by atoms with Gasteiger partial charge in [-0.15, -0.1) is 0 Å². The fourth-order valence-corrected chi connectivity index (χ4v) is 4.71. The van der Waals surface area contributed by atoms with Gasteiger partial charge in [0.25, 0.3) is 5.56 Å². The van der Waals surface area contributed by atoms with E-state index in [9.17, 15) is 14.4 Å². The van der Waals surface area contributed by atoms with Crippen molar-refractivity contribution >= 4 is 23.6 Å². The van der Waals surface area contributed by atoms with Crippen molar-refractivity contribution in [1.82, 2.24) is 14.5 Å². The minimum absolute atomic E-state index is 0.0129. The quantitative estimate of drug-likeness (QED) is 0.564. The number of amides is 1. The van der Waals surface area contributed by atoms with Crippen LogP contribution in [-0.2, 0) is 26.3 Å². The van der Waals surface area contributed by atoms with Gasteiger partial charge in [0.2, 0.25) is 5.91 Å². The molecule has 154 valence electrons. The van der Waals surface area contributed by atoms with E-state index in [1.54, 1.807) is 22.5 Å². The molecule has 1 saturated heterocycles. The van der Waals surface area contributed by atoms with E-state index in [0.717, 1.165) is 18.5 Å². The van der Waals surface area contributed by atoms with Crippen LogP contribution in [0.1, 0.15) is 46.2 Å². The molecule has 0 aromatic carbocycles. The topological polar surface area (TPSA) is 81.5 Å². The number of rotatable bonds is 3. The Morgan fingerprint density at radius 1 is 1.29 bits per heavy atom. The molecule has 2 aliphatic rings. The van der Waals surface area contributed by atoms with Crippen molar-refractivity contribution < 1.29 is 14.3 Å². The molecule has 3 heterocycles. The van der Waals surface area contributed by atoms with Gasteiger partial charge >= 0.3 is 5.97 Å². The molecule has 1 amide bonds. The van der Waals surface area contributed by atoms with Crippen molar-refractivity contribution in [3.8, 4) is 0 Å². The van der Waals surface area contributed by atoms with Gasteiger partial charge in [0, 0.05) is 36.9 Å². The van der Waals surface area contributed by atoms with Gasteiger partial charge in [-0.1, -0.05) is 32.5 Å². The fourth-order valence-electron chi connectivity index (χ4n) is 3.63. The van der Waals surface area contributed by atoms with Gasteiger partial charge in [-0.05, 0) is 19.8 Å². The van der Waals surface area contributed by atoms with E-state index in [1.165, 1.54) is 11.8 Å². The summed E-state index contributed by atoms with van der Waals surface area (Å²) in [6, 6.07) is 1.58. The second-order valence-corrected chi connectivity index (χ2v) is 9.49. The lowest BCUT2D eigenvalue weighted by Gasteiger charge is -2.35. The van der Waals surface area contributed by atoms with Gasteiger partial charge < -0.3 is 9.64 Å². The Hall–Kier alpha value is -1.83. The lowest BCUT2D eigenvalue weighted by Crippen LogP contribution is -2.48. The highest BCUT2D eigenvalue weighted by Crippen LogP contribution is 2.30. The van der Waals surface area contributed by atoms with E-state index in [-0.39, 0.29) is 34.7 Å². The Bertz CT molecular complexity index is 815. The minimum atomic E-state index is -0.279. The van der Waals surface area contributed by atoms with E-state index >= 15 is 0 Å². The summed E-state index contributed by atoms with van der Waals surface area (Å²) in [5.74, 6) is -0.143. The number of nitrogens with zero attached hydrogens (tertiary/aromatic N) is 3. The highest BCUT2D eigenvalue weighted by Gasteiger charge is 2.35. The van der Waals surface area contributed by atoms with Crippen LogP contribution in [0.15, 0.2) is 16.0 Å². The number of esters is 1. The summed E-state index contributed by atoms with van der Waals surface area (Å²) in [6.07, 6.45) is 1.55. The van der Waals surface area contributed by atoms with Gasteiger partial charge in [-0.25, -0.2) is 4.98 Å². The molecule has 1 aromatic heterocycles. The zero-order valence-electron chi connectivity index (χ0n) is 17.1. The van der Waals surface area contributed by atoms with Crippen LogP contribution in [0.3, 0.4) is 0 Å². The van der Waals surface area contributed by atoms with E-state index in [2.05, 4.69) is 4.98 Å². The van der Waals surface area contributed by atoms with Crippen LogP contribution in [0.25, 0.3) is 0 Å². The Morgan fingerprint density at radius 3 is 2.71 bits per heavy atom. The summed E-state index contributed by atoms with van der Waals surface area (Å²) in [7, 11) is 0. The molecule has 2 aliphatic heterocycles. The first-order valence-electron chi connectivity index (χ1n) is 9.91. The molecule has 28 heavy (non-hydrogen) atoms. The minimum Gasteiger partial charge on any atom is -0.466 e. The summed E-state index contributed by atoms with van der Waals surface area (Å²) in [4.78, 5) is 44.1. The van der Waals surface area contributed by atoms with Crippen LogP contribution in [0.5, 0.6) is 0 Å². The van der Waals surface area contributed by atoms with Crippen molar-refractivity contribution in [2.75, 3.05) is 25.4 Å². The molecule has 1 fully saturated rings. The molecule has 8 heteroatoms. The predicted octanol–water partition coefficient (Wildman–Crippen LogP) is 2.06. The van der Waals surface area contributed by atoms with Crippen LogP contribution in [0, 0.1) is 11.8 Å². The molecule has 0 N–H and O–H groups in total. The normalized spacial score (nSPS) is 22.5. The maximum absolute atomic E-state index is 13.1. The molecule has 1 aromatic rings. The molecule has 2 unspecified atom stereocenters. The summed E-state index contributed by atoms with van der Waals surface area (Å²) >= 11 is 1.46. The zero-order chi connectivity index (χ0) is 20.5. The molecule has 0 saturated carbocycles. The maximum Gasteiger partial charge on any atom is 0.310 e. The third-order valence-electron chi connectivity index (χ3n) is 5.26. The number of hydrogen-bond acceptors (Lipinski definition) is 6. The average Bonchev–Trinajstić information content (AvgIpc) is 2.66. The number of carbonyl (C=O) groups is 2. The van der Waals surface area contributed by atoms with Crippen molar-refractivity contribution in [2.45, 2.75) is 57.7 Å². The van der Waals surface area contributed by atoms with Crippen molar-refractivity contribution in [2.24, 2.45) is 11.8 Å². The first-order chi connectivity index (χ1) is 13.2. The van der Waals surface area contributed by atoms with E-state index < -0.39 is 0 Å². The number of aromatic nitrogens is 2. The Kier molecular flexibility index (Phi) is 6.17. The van der Waals surface area contributed by atoms with E-state index in [4.69, 9.17) is 4.74 Å². The molecular weight excluding hydrogens is 378 g/mol. The second-order valence-electron chi connectivity index (χ2n) is 8.51. The number of thioether (sulfide) groups is 1. The SMILES string of the molecule is CCOC(=O)C1CCCN(C(=O)C2CSc3nc(C(C)(C)C)cc(=O)n3C2)C1. The van der Waals surface area contributed by atoms with E-state index in [0.29, 0.717) is 37.2 Å². The number of ether oxygens (including phenoxy) is 1. The number of piperidine rings is 1. The van der Waals surface area contributed by atoms with Crippen LogP contribution >= 0.6 is 11.8 Å². The largest absolute Gasteiger partial charge is 0.466 e. The number of fused-ring (bicyclic) bond motifs is 1. The molecule has 0 radical (unpaired) electrons. The molecule has 0 spiro atoms. The fraction of sp³-hybridized carbons (Fsp3) is 0.700. The molecule has 0 bridgehead atoms. The summed E-state index contributed by atoms with van der Waals surface area (Å²) in [5, 5.41) is 0.685. The summed E-state index contributed by atoms with van der Waals surface area (Å²) in [5.41, 5.74) is 0.468. The van der Waals surface area contributed by atoms with Gasteiger partial charge in [0.1, 0.15) is 0 Å². The standard InChI is InChI=1S/C20H29N3O4S/c1-5-27-18(26)13-7-6-8-22(10-13)17(25)14-11-23-16(24)9-15(20(2,3)4)21-19(23)28-12-14/h9,13-14H,5-8,10-12H2,1-4H3. The first kappa shape index (κ1) is 20.9. The molecular formula is C20H29N3O4S. The maximum atomic E-state index is 13.1. The van der Waals surface area contributed by atoms with Gasteiger partial charge in [-0.2, -0.15) is 0 Å². The highest BCUT2D eigenvalue weighted by molar-refractivity contribution is 7.99. The van der Waals surface area contributed by atoms with Crippen molar-refractivity contribution in [3.63, 3.8) is 0 Å². The van der Waals surface area contributed by atoms with Crippen LogP contribution in [0.4, 0.5) is 0 Å². The van der Waals surface area contributed by atoms with Gasteiger partial charge in [0.05, 0.1) is 24.1 Å². The molecule has 2 atom stereocenters. The Morgan fingerprint density at radius 2 is 2.04 bits per heavy atom. The summed E-state index contributed by atoms with van der Waals surface area (Å²) < 4.78 is 6.73. The number of carbonyl (C=O) groups excluding carboxylic acids is 2. The highest BCUT2D eigenvalue weighted by atomic mass is 32.2. The monoisotopic (exact) mass is 407 g/mol. The smallest absolute Gasteiger partial charge is 0.310 e. The first-order valence-corrected chi connectivity index (χ1v) is 10.9. The van der Waals surface area contributed by atoms with Crippen LogP contribution < -0.4 is 5.56 Å². The summed E-state index contributed by atoms with van der Waals surface area (Å²) in [6.45, 7) is 9.63. The number of likely N-dealkylation sites (tertiary alicyclic amines) is 1. The average molecular weight is 408 g/mol. The predicted molar refractivity (Wildman–Crippen MR) is 107 cm³/mol. The van der Waals surface area contributed by atoms with E-state index in [1.807, 2.05) is 20.8 Å². The molecule has 3 rings (SSSR count). The van der Waals surface area contributed by atoms with Crippen LogP contribution in [0.2, 0.25) is 0 Å². The molecule has 7 nitrogen and oxygen atoms in total. The van der Waals surface area contributed by atoms with Crippen molar-refractivity contribution in [1.29, 1.82) is 0 Å². The molecule has 0 aliphatic carbocycles. The van der Waals surface area contributed by atoms with Gasteiger partial charge in [0.15, 0.2) is 5.16 Å². The third-order valence-corrected chi connectivity index (χ3v) is 6.40. The lowest BCUT2D eigenvalue weighted by atomic mass is 9.92.